The maximum atomic E-state index is 12.1. The van der Waals surface area contributed by atoms with Crippen LogP contribution in [0.3, 0.4) is 0 Å². The molecule has 1 aliphatic rings. The Hall–Kier alpha value is -3.20. The molecule has 0 radical (unpaired) electrons. The number of pyridine rings is 1. The van der Waals surface area contributed by atoms with E-state index in [-0.39, 0.29) is 11.5 Å². The van der Waals surface area contributed by atoms with Crippen molar-refractivity contribution < 1.29 is 4.79 Å². The number of hydrogen-bond donors (Lipinski definition) is 2. The Balaban J connectivity index is 1.40. The predicted molar refractivity (Wildman–Crippen MR) is 110 cm³/mol. The molecule has 0 aliphatic carbocycles. The fourth-order valence-corrected chi connectivity index (χ4v) is 3.64. The van der Waals surface area contributed by atoms with E-state index in [2.05, 4.69) is 30.2 Å². The molecule has 1 saturated heterocycles. The van der Waals surface area contributed by atoms with Crippen LogP contribution in [0, 0.1) is 0 Å². The maximum Gasteiger partial charge on any atom is 0.269 e. The predicted octanol–water partition coefficient (Wildman–Crippen LogP) is 0.662. The second-order valence-corrected chi connectivity index (χ2v) is 7.17. The zero-order valence-corrected chi connectivity index (χ0v) is 16.7. The van der Waals surface area contributed by atoms with E-state index >= 15 is 0 Å². The second-order valence-electron chi connectivity index (χ2n) is 7.17. The molecular weight excluding hydrogens is 370 g/mol. The Morgan fingerprint density at radius 1 is 1.17 bits per heavy atom. The van der Waals surface area contributed by atoms with Gasteiger partial charge in [0.1, 0.15) is 11.3 Å². The van der Waals surface area contributed by atoms with Gasteiger partial charge in [-0.1, -0.05) is 6.92 Å². The van der Waals surface area contributed by atoms with E-state index in [4.69, 9.17) is 0 Å². The van der Waals surface area contributed by atoms with Crippen LogP contribution in [0.4, 0.5) is 5.69 Å². The summed E-state index contributed by atoms with van der Waals surface area (Å²) in [5.74, 6) is -0.182. The average Bonchev–Trinajstić information content (AvgIpc) is 3.14. The SMILES string of the molecule is CCc1cn2ncc(CN3CCN(c4ccc(C(=O)NC)nc4)CC3)c2[nH]c1=O. The lowest BCUT2D eigenvalue weighted by Gasteiger charge is -2.35. The van der Waals surface area contributed by atoms with Crippen LogP contribution in [0.2, 0.25) is 0 Å². The Bertz CT molecular complexity index is 1060. The molecule has 4 heterocycles. The molecule has 29 heavy (non-hydrogen) atoms. The lowest BCUT2D eigenvalue weighted by atomic mass is 10.2. The summed E-state index contributed by atoms with van der Waals surface area (Å²) in [6.45, 7) is 6.24. The van der Waals surface area contributed by atoms with Gasteiger partial charge < -0.3 is 15.2 Å². The standard InChI is InChI=1S/C20H25N7O2/c1-3-14-13-27-18(24-19(14)28)15(10-23-27)12-25-6-8-26(9-7-25)16-4-5-17(22-11-16)20(29)21-2/h4-5,10-11,13H,3,6-9,12H2,1-2H3,(H,21,29)(H,24,28). The smallest absolute Gasteiger partial charge is 0.269 e. The number of carbonyl (C=O) groups excluding carboxylic acids is 1. The summed E-state index contributed by atoms with van der Waals surface area (Å²) in [7, 11) is 1.60. The number of carbonyl (C=O) groups is 1. The van der Waals surface area contributed by atoms with Gasteiger partial charge in [0.25, 0.3) is 11.5 Å². The Kier molecular flexibility index (Phi) is 5.30. The number of anilines is 1. The van der Waals surface area contributed by atoms with Crippen molar-refractivity contribution >= 4 is 17.2 Å². The van der Waals surface area contributed by atoms with Crippen molar-refractivity contribution in [1.82, 2.24) is 29.8 Å². The number of aromatic nitrogens is 4. The number of hydrogen-bond acceptors (Lipinski definition) is 6. The van der Waals surface area contributed by atoms with Gasteiger partial charge in [-0.15, -0.1) is 0 Å². The highest BCUT2D eigenvalue weighted by atomic mass is 16.1. The zero-order valence-electron chi connectivity index (χ0n) is 16.7. The first-order chi connectivity index (χ1) is 14.1. The largest absolute Gasteiger partial charge is 0.368 e. The molecule has 152 valence electrons. The number of nitrogens with zero attached hydrogens (tertiary/aromatic N) is 5. The zero-order chi connectivity index (χ0) is 20.4. The Morgan fingerprint density at radius 2 is 1.97 bits per heavy atom. The molecular formula is C20H25N7O2. The number of nitrogens with one attached hydrogen (secondary N) is 2. The molecule has 1 amide bonds. The van der Waals surface area contributed by atoms with Crippen molar-refractivity contribution in [1.29, 1.82) is 0 Å². The van der Waals surface area contributed by atoms with Crippen LogP contribution in [0.1, 0.15) is 28.5 Å². The van der Waals surface area contributed by atoms with Crippen LogP contribution in [0.15, 0.2) is 35.5 Å². The van der Waals surface area contributed by atoms with Crippen molar-refractivity contribution in [3.63, 3.8) is 0 Å². The van der Waals surface area contributed by atoms with Gasteiger partial charge in [-0.3, -0.25) is 14.5 Å². The fraction of sp³-hybridized carbons (Fsp3) is 0.400. The molecule has 0 spiro atoms. The van der Waals surface area contributed by atoms with E-state index in [0.29, 0.717) is 12.1 Å². The summed E-state index contributed by atoms with van der Waals surface area (Å²) in [6, 6.07) is 3.69. The molecule has 3 aromatic rings. The van der Waals surface area contributed by atoms with E-state index in [9.17, 15) is 9.59 Å². The van der Waals surface area contributed by atoms with Gasteiger partial charge in [-0.05, 0) is 18.6 Å². The number of amides is 1. The molecule has 9 nitrogen and oxygen atoms in total. The van der Waals surface area contributed by atoms with Crippen LogP contribution in [0.25, 0.3) is 5.65 Å². The highest BCUT2D eigenvalue weighted by molar-refractivity contribution is 5.92. The average molecular weight is 395 g/mol. The molecule has 0 aromatic carbocycles. The lowest BCUT2D eigenvalue weighted by molar-refractivity contribution is 0.0958. The van der Waals surface area contributed by atoms with E-state index in [1.165, 1.54) is 0 Å². The summed E-state index contributed by atoms with van der Waals surface area (Å²) in [4.78, 5) is 35.6. The third kappa shape index (κ3) is 3.86. The number of piperazine rings is 1. The fourth-order valence-electron chi connectivity index (χ4n) is 3.64. The van der Waals surface area contributed by atoms with E-state index in [0.717, 1.165) is 55.2 Å². The van der Waals surface area contributed by atoms with E-state index in [1.54, 1.807) is 23.8 Å². The molecule has 0 atom stereocenters. The van der Waals surface area contributed by atoms with Crippen LogP contribution in [-0.2, 0) is 13.0 Å². The van der Waals surface area contributed by atoms with Gasteiger partial charge in [-0.2, -0.15) is 5.10 Å². The molecule has 1 aliphatic heterocycles. The van der Waals surface area contributed by atoms with Gasteiger partial charge in [0.2, 0.25) is 0 Å². The van der Waals surface area contributed by atoms with E-state index < -0.39 is 0 Å². The first kappa shape index (κ1) is 19.1. The van der Waals surface area contributed by atoms with E-state index in [1.807, 2.05) is 25.4 Å². The highest BCUT2D eigenvalue weighted by Gasteiger charge is 2.19. The van der Waals surface area contributed by atoms with Crippen LogP contribution < -0.4 is 15.8 Å². The van der Waals surface area contributed by atoms with Crippen molar-refractivity contribution in [3.05, 3.63) is 57.9 Å². The molecule has 4 rings (SSSR count). The molecule has 0 unspecified atom stereocenters. The minimum atomic E-state index is -0.182. The summed E-state index contributed by atoms with van der Waals surface area (Å²) >= 11 is 0. The minimum Gasteiger partial charge on any atom is -0.368 e. The van der Waals surface area contributed by atoms with Crippen LogP contribution in [-0.4, -0.2) is 63.6 Å². The molecule has 0 bridgehead atoms. The normalized spacial score (nSPS) is 15.0. The number of aromatic amines is 1. The molecule has 3 aromatic heterocycles. The third-order valence-corrected chi connectivity index (χ3v) is 5.39. The Morgan fingerprint density at radius 3 is 2.62 bits per heavy atom. The summed E-state index contributed by atoms with van der Waals surface area (Å²) in [5, 5.41) is 6.97. The quantitative estimate of drug-likeness (QED) is 0.659. The second kappa shape index (κ2) is 8.04. The van der Waals surface area contributed by atoms with Gasteiger partial charge in [0, 0.05) is 57.1 Å². The van der Waals surface area contributed by atoms with Crippen molar-refractivity contribution in [2.24, 2.45) is 0 Å². The van der Waals surface area contributed by atoms with Crippen LogP contribution in [0.5, 0.6) is 0 Å². The van der Waals surface area contributed by atoms with Crippen molar-refractivity contribution in [2.45, 2.75) is 19.9 Å². The summed E-state index contributed by atoms with van der Waals surface area (Å²) in [5.41, 5.74) is 3.92. The lowest BCUT2D eigenvalue weighted by Crippen LogP contribution is -2.46. The number of rotatable bonds is 5. The molecule has 2 N–H and O–H groups in total. The molecule has 1 fully saturated rings. The first-order valence-electron chi connectivity index (χ1n) is 9.83. The first-order valence-corrected chi connectivity index (χ1v) is 9.83. The van der Waals surface area contributed by atoms with Crippen molar-refractivity contribution in [2.75, 3.05) is 38.1 Å². The van der Waals surface area contributed by atoms with Crippen LogP contribution >= 0.6 is 0 Å². The van der Waals surface area contributed by atoms with Crippen molar-refractivity contribution in [3.8, 4) is 0 Å². The number of H-pyrrole nitrogens is 1. The summed E-state index contributed by atoms with van der Waals surface area (Å²) in [6.07, 6.45) is 6.08. The number of fused-ring (bicyclic) bond motifs is 1. The topological polar surface area (TPSA) is 98.6 Å². The third-order valence-electron chi connectivity index (χ3n) is 5.39. The van der Waals surface area contributed by atoms with Gasteiger partial charge in [0.05, 0.1) is 18.1 Å². The van der Waals surface area contributed by atoms with Gasteiger partial charge >= 0.3 is 0 Å². The molecule has 0 saturated carbocycles. The van der Waals surface area contributed by atoms with Gasteiger partial charge in [-0.25, -0.2) is 9.50 Å². The minimum absolute atomic E-state index is 0.0423. The molecule has 9 heteroatoms. The number of aryl methyl sites for hydroxylation is 1. The maximum absolute atomic E-state index is 12.1. The van der Waals surface area contributed by atoms with Gasteiger partial charge in [0.15, 0.2) is 0 Å². The Labute approximate surface area is 168 Å². The monoisotopic (exact) mass is 395 g/mol. The summed E-state index contributed by atoms with van der Waals surface area (Å²) < 4.78 is 1.76. The highest BCUT2D eigenvalue weighted by Crippen LogP contribution is 2.18.